The second-order valence-electron chi connectivity index (χ2n) is 4.11. The van der Waals surface area contributed by atoms with Crippen LogP contribution in [0.25, 0.3) is 0 Å². The molecule has 0 saturated carbocycles. The molecule has 1 rings (SSSR count). The Bertz CT molecular complexity index is 337. The zero-order chi connectivity index (χ0) is 12.8. The molecule has 0 fully saturated rings. The molecule has 4 heteroatoms. The molecule has 3 N–H and O–H groups in total. The lowest BCUT2D eigenvalue weighted by molar-refractivity contribution is 0.0313. The van der Waals surface area contributed by atoms with Gasteiger partial charge in [-0.15, -0.1) is 0 Å². The predicted molar refractivity (Wildman–Crippen MR) is 66.9 cm³/mol. The standard InChI is InChI=1S/C13H21FN2O/c1-4-12(17-5-2)13(16-15)10-6-9(3)7-11(14)8-10/h6-8,12-13,16H,4-5,15H2,1-3H3. The molecule has 0 spiro atoms. The highest BCUT2D eigenvalue weighted by Gasteiger charge is 2.21. The summed E-state index contributed by atoms with van der Waals surface area (Å²) in [5, 5.41) is 0. The minimum Gasteiger partial charge on any atom is -0.376 e. The number of nitrogens with two attached hydrogens (primary N) is 1. The summed E-state index contributed by atoms with van der Waals surface area (Å²) >= 11 is 0. The molecule has 0 radical (unpaired) electrons. The molecular weight excluding hydrogens is 219 g/mol. The summed E-state index contributed by atoms with van der Waals surface area (Å²) in [5.41, 5.74) is 4.42. The van der Waals surface area contributed by atoms with E-state index < -0.39 is 0 Å². The van der Waals surface area contributed by atoms with E-state index in [-0.39, 0.29) is 18.0 Å². The molecule has 3 nitrogen and oxygen atoms in total. The third-order valence-electron chi connectivity index (χ3n) is 2.76. The topological polar surface area (TPSA) is 47.3 Å². The largest absolute Gasteiger partial charge is 0.376 e. The Hall–Kier alpha value is -0.970. The fourth-order valence-electron chi connectivity index (χ4n) is 2.03. The van der Waals surface area contributed by atoms with Crippen LogP contribution < -0.4 is 11.3 Å². The summed E-state index contributed by atoms with van der Waals surface area (Å²) in [6, 6.07) is 4.74. The van der Waals surface area contributed by atoms with Crippen LogP contribution in [-0.4, -0.2) is 12.7 Å². The lowest BCUT2D eigenvalue weighted by Gasteiger charge is -2.26. The van der Waals surface area contributed by atoms with E-state index in [4.69, 9.17) is 10.6 Å². The lowest BCUT2D eigenvalue weighted by atomic mass is 9.98. The van der Waals surface area contributed by atoms with Crippen molar-refractivity contribution < 1.29 is 9.13 Å². The number of ether oxygens (including phenoxy) is 1. The van der Waals surface area contributed by atoms with Crippen LogP contribution in [0.2, 0.25) is 0 Å². The zero-order valence-electron chi connectivity index (χ0n) is 10.7. The molecule has 0 aromatic heterocycles. The van der Waals surface area contributed by atoms with Crippen molar-refractivity contribution in [1.82, 2.24) is 5.43 Å². The number of hydrogen-bond donors (Lipinski definition) is 2. The second kappa shape index (κ2) is 6.69. The van der Waals surface area contributed by atoms with E-state index in [1.165, 1.54) is 12.1 Å². The van der Waals surface area contributed by atoms with Crippen molar-refractivity contribution >= 4 is 0 Å². The maximum Gasteiger partial charge on any atom is 0.123 e. The Morgan fingerprint density at radius 3 is 2.53 bits per heavy atom. The summed E-state index contributed by atoms with van der Waals surface area (Å²) in [7, 11) is 0. The summed E-state index contributed by atoms with van der Waals surface area (Å²) in [6.07, 6.45) is 0.768. The van der Waals surface area contributed by atoms with Gasteiger partial charge in [-0.1, -0.05) is 13.0 Å². The smallest absolute Gasteiger partial charge is 0.123 e. The fourth-order valence-corrected chi connectivity index (χ4v) is 2.03. The molecule has 96 valence electrons. The van der Waals surface area contributed by atoms with Crippen molar-refractivity contribution in [2.24, 2.45) is 5.84 Å². The van der Waals surface area contributed by atoms with Crippen LogP contribution in [0.5, 0.6) is 0 Å². The summed E-state index contributed by atoms with van der Waals surface area (Å²) in [4.78, 5) is 0. The maximum absolute atomic E-state index is 13.4. The van der Waals surface area contributed by atoms with Crippen LogP contribution >= 0.6 is 0 Å². The van der Waals surface area contributed by atoms with E-state index in [9.17, 15) is 4.39 Å². The third-order valence-corrected chi connectivity index (χ3v) is 2.76. The van der Waals surface area contributed by atoms with Gasteiger partial charge < -0.3 is 4.74 Å². The van der Waals surface area contributed by atoms with Gasteiger partial charge in [0.1, 0.15) is 5.82 Å². The van der Waals surface area contributed by atoms with Crippen molar-refractivity contribution in [2.45, 2.75) is 39.3 Å². The van der Waals surface area contributed by atoms with Gasteiger partial charge in [0.25, 0.3) is 0 Å². The number of hydrogen-bond acceptors (Lipinski definition) is 3. The molecule has 0 heterocycles. The van der Waals surface area contributed by atoms with Gasteiger partial charge in [-0.3, -0.25) is 11.3 Å². The van der Waals surface area contributed by atoms with Gasteiger partial charge in [0.2, 0.25) is 0 Å². The monoisotopic (exact) mass is 240 g/mol. The lowest BCUT2D eigenvalue weighted by Crippen LogP contribution is -2.38. The van der Waals surface area contributed by atoms with E-state index in [1.807, 2.05) is 26.8 Å². The summed E-state index contributed by atoms with van der Waals surface area (Å²) in [6.45, 7) is 6.44. The van der Waals surface area contributed by atoms with Crippen LogP contribution in [0.3, 0.4) is 0 Å². The van der Waals surface area contributed by atoms with Gasteiger partial charge in [0.15, 0.2) is 0 Å². The molecule has 0 aliphatic heterocycles. The van der Waals surface area contributed by atoms with E-state index in [1.54, 1.807) is 0 Å². The van der Waals surface area contributed by atoms with Gasteiger partial charge >= 0.3 is 0 Å². The van der Waals surface area contributed by atoms with E-state index in [0.29, 0.717) is 6.61 Å². The first-order valence-corrected chi connectivity index (χ1v) is 5.97. The predicted octanol–water partition coefficient (Wildman–Crippen LogP) is 2.45. The molecular formula is C13H21FN2O. The average Bonchev–Trinajstić information content (AvgIpc) is 2.27. The first kappa shape index (κ1) is 14.1. The number of benzene rings is 1. The SMILES string of the molecule is CCOC(CC)C(NN)c1cc(C)cc(F)c1. The molecule has 0 aliphatic carbocycles. The number of halogens is 1. The van der Waals surface area contributed by atoms with Gasteiger partial charge in [-0.25, -0.2) is 4.39 Å². The molecule has 2 atom stereocenters. The van der Waals surface area contributed by atoms with Gasteiger partial charge in [0.05, 0.1) is 12.1 Å². The summed E-state index contributed by atoms with van der Waals surface area (Å²) < 4.78 is 19.0. The minimum absolute atomic E-state index is 0.0498. The number of rotatable bonds is 6. The normalized spacial score (nSPS) is 14.6. The van der Waals surface area contributed by atoms with Gasteiger partial charge in [0, 0.05) is 6.61 Å². The van der Waals surface area contributed by atoms with Crippen molar-refractivity contribution in [2.75, 3.05) is 6.61 Å². The Labute approximate surface area is 102 Å². The van der Waals surface area contributed by atoms with Crippen molar-refractivity contribution in [1.29, 1.82) is 0 Å². The Balaban J connectivity index is 2.98. The molecule has 0 saturated heterocycles. The molecule has 17 heavy (non-hydrogen) atoms. The van der Waals surface area contributed by atoms with Crippen molar-refractivity contribution in [3.63, 3.8) is 0 Å². The highest BCUT2D eigenvalue weighted by molar-refractivity contribution is 5.27. The number of aryl methyl sites for hydroxylation is 1. The first-order chi connectivity index (χ1) is 8.12. The highest BCUT2D eigenvalue weighted by Crippen LogP contribution is 2.23. The molecule has 0 bridgehead atoms. The molecule has 0 aliphatic rings. The van der Waals surface area contributed by atoms with Gasteiger partial charge in [-0.2, -0.15) is 0 Å². The van der Waals surface area contributed by atoms with Crippen LogP contribution in [0.4, 0.5) is 4.39 Å². The van der Waals surface area contributed by atoms with E-state index in [0.717, 1.165) is 17.5 Å². The molecule has 0 amide bonds. The fraction of sp³-hybridized carbons (Fsp3) is 0.538. The number of hydrazine groups is 1. The Kier molecular flexibility index (Phi) is 5.55. The van der Waals surface area contributed by atoms with E-state index >= 15 is 0 Å². The average molecular weight is 240 g/mol. The Morgan fingerprint density at radius 1 is 1.35 bits per heavy atom. The quantitative estimate of drug-likeness (QED) is 0.593. The van der Waals surface area contributed by atoms with Gasteiger partial charge in [-0.05, 0) is 43.5 Å². The van der Waals surface area contributed by atoms with Crippen LogP contribution in [0.1, 0.15) is 37.4 Å². The van der Waals surface area contributed by atoms with Crippen LogP contribution in [-0.2, 0) is 4.74 Å². The van der Waals surface area contributed by atoms with Crippen LogP contribution in [0, 0.1) is 12.7 Å². The third kappa shape index (κ3) is 3.77. The molecule has 1 aromatic rings. The molecule has 2 unspecified atom stereocenters. The Morgan fingerprint density at radius 2 is 2.06 bits per heavy atom. The first-order valence-electron chi connectivity index (χ1n) is 5.97. The second-order valence-corrected chi connectivity index (χ2v) is 4.11. The zero-order valence-corrected chi connectivity index (χ0v) is 10.7. The van der Waals surface area contributed by atoms with E-state index in [2.05, 4.69) is 5.43 Å². The van der Waals surface area contributed by atoms with Crippen molar-refractivity contribution in [3.8, 4) is 0 Å². The minimum atomic E-state index is -0.244. The molecule has 1 aromatic carbocycles. The van der Waals surface area contributed by atoms with Crippen molar-refractivity contribution in [3.05, 3.63) is 35.1 Å². The maximum atomic E-state index is 13.4. The number of nitrogens with one attached hydrogen (secondary N) is 1. The highest BCUT2D eigenvalue weighted by atomic mass is 19.1. The van der Waals surface area contributed by atoms with Crippen LogP contribution in [0.15, 0.2) is 18.2 Å². The summed E-state index contributed by atoms with van der Waals surface area (Å²) in [5.74, 6) is 5.32.